The molecule has 0 aromatic heterocycles. The van der Waals surface area contributed by atoms with Crippen LogP contribution in [0.2, 0.25) is 0 Å². The van der Waals surface area contributed by atoms with Gasteiger partial charge in [-0.15, -0.1) is 0 Å². The van der Waals surface area contributed by atoms with Crippen molar-refractivity contribution in [2.45, 2.75) is 401 Å². The van der Waals surface area contributed by atoms with E-state index in [-0.39, 0.29) is 18.9 Å². The number of carbonyl (C=O) groups is 1. The van der Waals surface area contributed by atoms with Gasteiger partial charge in [-0.25, -0.2) is 0 Å². The molecule has 19 nitrogen and oxygen atoms in total. The Morgan fingerprint density at radius 2 is 0.703 bits per heavy atom. The highest BCUT2D eigenvalue weighted by atomic mass is 16.8. The monoisotopic (exact) mass is 1300 g/mol. The molecule has 0 aliphatic carbocycles. The molecule has 3 aliphatic rings. The number of allylic oxidation sites excluding steroid dienone is 3. The Hall–Kier alpha value is -1.73. The topological polar surface area (TPSA) is 307 Å². The van der Waals surface area contributed by atoms with E-state index in [0.717, 1.165) is 38.5 Å². The summed E-state index contributed by atoms with van der Waals surface area (Å²) in [4.78, 5) is 13.4. The number of unbranched alkanes of at least 4 members (excludes halogenated alkanes) is 40. The molecule has 17 atom stereocenters. The van der Waals surface area contributed by atoms with Crippen molar-refractivity contribution in [1.29, 1.82) is 0 Å². The predicted octanol–water partition coefficient (Wildman–Crippen LogP) is 10.6. The number of hydrogen-bond donors (Lipinski definition) is 12. The van der Waals surface area contributed by atoms with Gasteiger partial charge in [0, 0.05) is 6.42 Å². The molecule has 3 aliphatic heterocycles. The van der Waals surface area contributed by atoms with Gasteiger partial charge in [-0.2, -0.15) is 0 Å². The lowest BCUT2D eigenvalue weighted by Crippen LogP contribution is -2.66. The van der Waals surface area contributed by atoms with Crippen molar-refractivity contribution in [2.24, 2.45) is 0 Å². The standard InChI is InChI=1S/C72H135NO18/c1-3-5-7-9-11-13-15-17-19-21-23-25-26-27-28-29-30-31-33-35-37-39-41-43-45-47-49-56(77)55(73-60(78)50-48-46-44-42-40-38-36-34-32-24-22-20-18-16-14-12-10-8-6-4-2)54-86-70-66(84)63(81)68(58(52-75)88-70)91-72-67(85)64(82)69(59(53-76)89-72)90-71-65(83)62(80)61(79)57(51-74)87-71/h39,41,47,49,55-59,61-72,74-77,79-85H,3-38,40,42-46,48,50-54H2,1-2H3,(H,73,78)/b41-39+,49-47+. The average molecular weight is 1300 g/mol. The fraction of sp³-hybridized carbons (Fsp3) is 0.931. The van der Waals surface area contributed by atoms with Crippen LogP contribution < -0.4 is 5.32 Å². The molecule has 0 saturated carbocycles. The van der Waals surface area contributed by atoms with Gasteiger partial charge in [0.2, 0.25) is 5.91 Å². The smallest absolute Gasteiger partial charge is 0.220 e. The van der Waals surface area contributed by atoms with Gasteiger partial charge in [0.25, 0.3) is 0 Å². The van der Waals surface area contributed by atoms with Crippen LogP contribution in [0.25, 0.3) is 0 Å². The molecule has 91 heavy (non-hydrogen) atoms. The van der Waals surface area contributed by atoms with Gasteiger partial charge < -0.3 is 89.9 Å². The maximum atomic E-state index is 13.4. The number of aliphatic hydroxyl groups is 11. The number of aliphatic hydroxyl groups excluding tert-OH is 11. The van der Waals surface area contributed by atoms with Crippen LogP contribution >= 0.6 is 0 Å². The zero-order chi connectivity index (χ0) is 66.1. The van der Waals surface area contributed by atoms with E-state index in [0.29, 0.717) is 12.8 Å². The molecule has 3 fully saturated rings. The van der Waals surface area contributed by atoms with Crippen LogP contribution in [0, 0.1) is 0 Å². The first-order valence-corrected chi connectivity index (χ1v) is 37.1. The third-order valence-electron chi connectivity index (χ3n) is 18.8. The summed E-state index contributed by atoms with van der Waals surface area (Å²) in [6.07, 6.45) is 35.9. The molecule has 0 aromatic carbocycles. The van der Waals surface area contributed by atoms with Crippen LogP contribution in [0.5, 0.6) is 0 Å². The summed E-state index contributed by atoms with van der Waals surface area (Å²) in [5.74, 6) is -0.279. The zero-order valence-electron chi connectivity index (χ0n) is 56.8. The van der Waals surface area contributed by atoms with E-state index in [2.05, 4.69) is 31.3 Å². The maximum Gasteiger partial charge on any atom is 0.220 e. The Kier molecular flexibility index (Phi) is 49.8. The summed E-state index contributed by atoms with van der Waals surface area (Å²) in [5.41, 5.74) is 0. The zero-order valence-corrected chi connectivity index (χ0v) is 56.8. The van der Waals surface area contributed by atoms with Crippen molar-refractivity contribution >= 4 is 5.91 Å². The van der Waals surface area contributed by atoms with E-state index in [1.807, 2.05) is 6.08 Å². The molecule has 17 unspecified atom stereocenters. The van der Waals surface area contributed by atoms with Crippen LogP contribution in [0.1, 0.15) is 296 Å². The molecule has 0 bridgehead atoms. The minimum Gasteiger partial charge on any atom is -0.394 e. The molecule has 1 amide bonds. The van der Waals surface area contributed by atoms with Crippen molar-refractivity contribution < 1.29 is 89.4 Å². The molecule has 0 radical (unpaired) electrons. The second-order valence-electron chi connectivity index (χ2n) is 26.8. The van der Waals surface area contributed by atoms with Gasteiger partial charge in [0.05, 0.1) is 38.6 Å². The van der Waals surface area contributed by atoms with Crippen molar-refractivity contribution in [3.05, 3.63) is 24.3 Å². The molecule has 12 N–H and O–H groups in total. The largest absolute Gasteiger partial charge is 0.394 e. The number of amides is 1. The summed E-state index contributed by atoms with van der Waals surface area (Å²) >= 11 is 0. The van der Waals surface area contributed by atoms with E-state index in [9.17, 15) is 61.0 Å². The first-order chi connectivity index (χ1) is 44.3. The van der Waals surface area contributed by atoms with Gasteiger partial charge >= 0.3 is 0 Å². The lowest BCUT2D eigenvalue weighted by molar-refractivity contribution is -0.379. The lowest BCUT2D eigenvalue weighted by atomic mass is 9.96. The molecule has 0 spiro atoms. The molecule has 0 aromatic rings. The summed E-state index contributed by atoms with van der Waals surface area (Å²) in [6, 6.07) is -0.987. The van der Waals surface area contributed by atoms with Crippen molar-refractivity contribution in [3.8, 4) is 0 Å². The SMILES string of the molecule is CCCCCCCCCCCCCCCCCCCCCC/C=C/CC/C=C/C(O)C(COC1OC(CO)C(OC2OC(CO)C(OC3OC(CO)C(O)C(O)C3O)C(O)C2O)C(O)C1O)NC(=O)CCCCCCCCCCCCCCCCCCCCCC. The minimum atomic E-state index is -1.98. The van der Waals surface area contributed by atoms with Gasteiger partial charge in [-0.1, -0.05) is 282 Å². The highest BCUT2D eigenvalue weighted by Gasteiger charge is 2.53. The summed E-state index contributed by atoms with van der Waals surface area (Å²) in [5, 5.41) is 121. The van der Waals surface area contributed by atoms with Crippen molar-refractivity contribution in [3.63, 3.8) is 0 Å². The Balaban J connectivity index is 1.43. The first-order valence-electron chi connectivity index (χ1n) is 37.1. The van der Waals surface area contributed by atoms with Crippen LogP contribution in [0.4, 0.5) is 0 Å². The second-order valence-corrected chi connectivity index (χ2v) is 26.8. The third-order valence-corrected chi connectivity index (χ3v) is 18.8. The highest BCUT2D eigenvalue weighted by molar-refractivity contribution is 5.76. The second kappa shape index (κ2) is 54.3. The number of hydrogen-bond acceptors (Lipinski definition) is 18. The summed E-state index contributed by atoms with van der Waals surface area (Å²) < 4.78 is 34.4. The van der Waals surface area contributed by atoms with Gasteiger partial charge in [0.15, 0.2) is 18.9 Å². The van der Waals surface area contributed by atoms with Gasteiger partial charge in [-0.3, -0.25) is 4.79 Å². The Bertz CT molecular complexity index is 1750. The van der Waals surface area contributed by atoms with E-state index in [4.69, 9.17) is 28.4 Å². The fourth-order valence-electron chi connectivity index (χ4n) is 12.7. The Morgan fingerprint density at radius 3 is 1.10 bits per heavy atom. The maximum absolute atomic E-state index is 13.4. The van der Waals surface area contributed by atoms with Crippen molar-refractivity contribution in [1.82, 2.24) is 5.32 Å². The minimum absolute atomic E-state index is 0.241. The van der Waals surface area contributed by atoms with E-state index in [1.54, 1.807) is 6.08 Å². The summed E-state index contributed by atoms with van der Waals surface area (Å²) in [6.45, 7) is 1.76. The number of rotatable bonds is 58. The predicted molar refractivity (Wildman–Crippen MR) is 356 cm³/mol. The van der Waals surface area contributed by atoms with Crippen LogP contribution in [-0.4, -0.2) is 193 Å². The molecule has 3 rings (SSSR count). The van der Waals surface area contributed by atoms with Crippen LogP contribution in [0.15, 0.2) is 24.3 Å². The molecule has 19 heteroatoms. The van der Waals surface area contributed by atoms with E-state index in [1.165, 1.54) is 225 Å². The van der Waals surface area contributed by atoms with E-state index >= 15 is 0 Å². The highest BCUT2D eigenvalue weighted by Crippen LogP contribution is 2.33. The lowest BCUT2D eigenvalue weighted by Gasteiger charge is -2.48. The quantitative estimate of drug-likeness (QED) is 0.0199. The number of ether oxygens (including phenoxy) is 6. The third kappa shape index (κ3) is 35.9. The first kappa shape index (κ1) is 83.5. The normalized spacial score (nSPS) is 27.9. The summed E-state index contributed by atoms with van der Waals surface area (Å²) in [7, 11) is 0. The van der Waals surface area contributed by atoms with Crippen LogP contribution in [-0.2, 0) is 33.2 Å². The van der Waals surface area contributed by atoms with Crippen molar-refractivity contribution in [2.75, 3.05) is 26.4 Å². The average Bonchev–Trinajstić information content (AvgIpc) is 0.887. The molecular weight excluding hydrogens is 1170 g/mol. The molecule has 3 heterocycles. The Labute approximate surface area is 549 Å². The molecule has 536 valence electrons. The molecular formula is C72H135NO18. The number of nitrogens with one attached hydrogen (secondary N) is 1. The van der Waals surface area contributed by atoms with Gasteiger partial charge in [-0.05, 0) is 32.1 Å². The fourth-order valence-corrected chi connectivity index (χ4v) is 12.7. The number of carbonyl (C=O) groups excluding carboxylic acids is 1. The van der Waals surface area contributed by atoms with E-state index < -0.39 is 124 Å². The molecule has 3 saturated heterocycles. The van der Waals surface area contributed by atoms with Gasteiger partial charge in [0.1, 0.15) is 73.2 Å². The van der Waals surface area contributed by atoms with Crippen LogP contribution in [0.3, 0.4) is 0 Å². The Morgan fingerprint density at radius 1 is 0.385 bits per heavy atom.